The second-order valence-corrected chi connectivity index (χ2v) is 5.24. The van der Waals surface area contributed by atoms with E-state index in [4.69, 9.17) is 0 Å². The Kier molecular flexibility index (Phi) is 5.94. The fraction of sp³-hybridized carbons (Fsp3) is 0.438. The van der Waals surface area contributed by atoms with Gasteiger partial charge < -0.3 is 15.5 Å². The van der Waals surface area contributed by atoms with E-state index in [1.165, 1.54) is 0 Å². The highest BCUT2D eigenvalue weighted by Crippen LogP contribution is 2.09. The number of hydrogen-bond donors (Lipinski definition) is 2. The highest BCUT2D eigenvalue weighted by atomic mass is 16.2. The highest BCUT2D eigenvalue weighted by Gasteiger charge is 2.17. The van der Waals surface area contributed by atoms with Crippen LogP contribution >= 0.6 is 0 Å². The summed E-state index contributed by atoms with van der Waals surface area (Å²) in [5.74, 6) is -0.381. The Bertz CT molecular complexity index is 531. The van der Waals surface area contributed by atoms with Gasteiger partial charge in [0.05, 0.1) is 6.54 Å². The first-order chi connectivity index (χ1) is 10.7. The summed E-state index contributed by atoms with van der Waals surface area (Å²) in [6.07, 6.45) is 2.57. The quantitative estimate of drug-likeness (QED) is 0.805. The molecule has 22 heavy (non-hydrogen) atoms. The summed E-state index contributed by atoms with van der Waals surface area (Å²) in [4.78, 5) is 36.8. The Morgan fingerprint density at radius 1 is 1.09 bits per heavy atom. The van der Waals surface area contributed by atoms with E-state index in [1.807, 2.05) is 6.07 Å². The summed E-state index contributed by atoms with van der Waals surface area (Å²) in [5.41, 5.74) is 0.522. The van der Waals surface area contributed by atoms with Crippen LogP contribution in [0, 0.1) is 0 Å². The predicted octanol–water partition coefficient (Wildman–Crippen LogP) is 0.545. The minimum Gasteiger partial charge on any atom is -0.353 e. The number of hydrogen-bond acceptors (Lipinski definition) is 3. The molecule has 3 amide bonds. The van der Waals surface area contributed by atoms with E-state index in [2.05, 4.69) is 10.6 Å². The number of amides is 3. The highest BCUT2D eigenvalue weighted by molar-refractivity contribution is 5.96. The summed E-state index contributed by atoms with van der Waals surface area (Å²) in [6, 6.07) is 8.74. The van der Waals surface area contributed by atoms with E-state index in [0.717, 1.165) is 19.4 Å². The summed E-state index contributed by atoms with van der Waals surface area (Å²) in [5, 5.41) is 5.27. The van der Waals surface area contributed by atoms with Crippen LogP contribution < -0.4 is 10.6 Å². The van der Waals surface area contributed by atoms with Crippen molar-refractivity contribution in [1.29, 1.82) is 0 Å². The molecule has 0 aliphatic carbocycles. The number of nitrogens with one attached hydrogen (secondary N) is 2. The van der Waals surface area contributed by atoms with Crippen LogP contribution in [0.1, 0.15) is 29.6 Å². The summed E-state index contributed by atoms with van der Waals surface area (Å²) in [6.45, 7) is 1.63. The van der Waals surface area contributed by atoms with Crippen molar-refractivity contribution in [3.8, 4) is 0 Å². The van der Waals surface area contributed by atoms with Crippen molar-refractivity contribution in [2.75, 3.05) is 26.2 Å². The normalized spacial score (nSPS) is 14.5. The maximum Gasteiger partial charge on any atom is 0.251 e. The van der Waals surface area contributed by atoms with Gasteiger partial charge in [-0.05, 0) is 25.0 Å². The average Bonchev–Trinajstić information content (AvgIpc) is 2.55. The zero-order valence-electron chi connectivity index (χ0n) is 12.5. The van der Waals surface area contributed by atoms with Gasteiger partial charge in [0, 0.05) is 31.6 Å². The van der Waals surface area contributed by atoms with Crippen molar-refractivity contribution >= 4 is 17.7 Å². The Balaban J connectivity index is 1.64. The largest absolute Gasteiger partial charge is 0.353 e. The number of likely N-dealkylation sites (tertiary alicyclic amines) is 1. The van der Waals surface area contributed by atoms with E-state index in [9.17, 15) is 14.4 Å². The van der Waals surface area contributed by atoms with Gasteiger partial charge in [-0.1, -0.05) is 18.2 Å². The van der Waals surface area contributed by atoms with Gasteiger partial charge in [-0.15, -0.1) is 0 Å². The molecule has 0 unspecified atom stereocenters. The van der Waals surface area contributed by atoms with Gasteiger partial charge >= 0.3 is 0 Å². The molecule has 2 N–H and O–H groups in total. The van der Waals surface area contributed by atoms with Gasteiger partial charge in [0.25, 0.3) is 5.91 Å². The molecule has 1 aliphatic heterocycles. The molecule has 1 aromatic rings. The molecule has 1 aromatic carbocycles. The van der Waals surface area contributed by atoms with Gasteiger partial charge in [-0.2, -0.15) is 0 Å². The number of rotatable bonds is 6. The predicted molar refractivity (Wildman–Crippen MR) is 82.2 cm³/mol. The molecule has 0 bridgehead atoms. The van der Waals surface area contributed by atoms with E-state index >= 15 is 0 Å². The van der Waals surface area contributed by atoms with Gasteiger partial charge in [-0.3, -0.25) is 14.4 Å². The Morgan fingerprint density at radius 2 is 1.86 bits per heavy atom. The molecule has 1 heterocycles. The van der Waals surface area contributed by atoms with Crippen molar-refractivity contribution < 1.29 is 14.4 Å². The lowest BCUT2D eigenvalue weighted by Gasteiger charge is -2.26. The van der Waals surface area contributed by atoms with Crippen LogP contribution in [0.15, 0.2) is 30.3 Å². The molecule has 118 valence electrons. The van der Waals surface area contributed by atoms with Gasteiger partial charge in [0.15, 0.2) is 0 Å². The zero-order chi connectivity index (χ0) is 15.8. The van der Waals surface area contributed by atoms with Crippen LogP contribution in [0.4, 0.5) is 0 Å². The van der Waals surface area contributed by atoms with E-state index in [1.54, 1.807) is 29.2 Å². The fourth-order valence-corrected chi connectivity index (χ4v) is 2.34. The van der Waals surface area contributed by atoms with Crippen molar-refractivity contribution in [2.24, 2.45) is 0 Å². The molecule has 6 nitrogen and oxygen atoms in total. The number of carbonyl (C=O) groups is 3. The minimum absolute atomic E-state index is 0.0678. The van der Waals surface area contributed by atoms with Crippen molar-refractivity contribution in [2.45, 2.75) is 19.3 Å². The lowest BCUT2D eigenvalue weighted by molar-refractivity contribution is -0.133. The van der Waals surface area contributed by atoms with Crippen LogP contribution in [0.5, 0.6) is 0 Å². The number of benzene rings is 1. The monoisotopic (exact) mass is 303 g/mol. The summed E-state index contributed by atoms with van der Waals surface area (Å²) >= 11 is 0. The lowest BCUT2D eigenvalue weighted by Crippen LogP contribution is -2.43. The van der Waals surface area contributed by atoms with Crippen molar-refractivity contribution in [3.63, 3.8) is 0 Å². The second kappa shape index (κ2) is 8.17. The summed E-state index contributed by atoms with van der Waals surface area (Å²) in [7, 11) is 0. The van der Waals surface area contributed by atoms with E-state index in [-0.39, 0.29) is 24.3 Å². The third kappa shape index (κ3) is 4.87. The molecule has 0 aromatic heterocycles. The zero-order valence-corrected chi connectivity index (χ0v) is 12.5. The first kappa shape index (κ1) is 16.0. The van der Waals surface area contributed by atoms with Crippen LogP contribution in [0.2, 0.25) is 0 Å². The molecule has 1 aliphatic rings. The molecule has 6 heteroatoms. The topological polar surface area (TPSA) is 78.5 Å². The van der Waals surface area contributed by atoms with Crippen molar-refractivity contribution in [3.05, 3.63) is 35.9 Å². The van der Waals surface area contributed by atoms with E-state index in [0.29, 0.717) is 25.1 Å². The Labute approximate surface area is 129 Å². The first-order valence-corrected chi connectivity index (χ1v) is 7.54. The van der Waals surface area contributed by atoms with Gasteiger partial charge in [0.1, 0.15) is 0 Å². The molecule has 1 fully saturated rings. The molecule has 0 radical (unpaired) electrons. The average molecular weight is 303 g/mol. The van der Waals surface area contributed by atoms with Gasteiger partial charge in [-0.25, -0.2) is 0 Å². The van der Waals surface area contributed by atoms with Gasteiger partial charge in [0.2, 0.25) is 11.8 Å². The Morgan fingerprint density at radius 3 is 2.59 bits per heavy atom. The molecule has 1 saturated heterocycles. The third-order valence-electron chi connectivity index (χ3n) is 3.57. The molecule has 0 atom stereocenters. The molecule has 2 rings (SSSR count). The van der Waals surface area contributed by atoms with Crippen LogP contribution in [0.25, 0.3) is 0 Å². The Hall–Kier alpha value is -2.37. The van der Waals surface area contributed by atoms with E-state index < -0.39 is 0 Å². The first-order valence-electron chi connectivity index (χ1n) is 7.54. The summed E-state index contributed by atoms with van der Waals surface area (Å²) < 4.78 is 0. The molecule has 0 spiro atoms. The van der Waals surface area contributed by atoms with Crippen LogP contribution in [0.3, 0.4) is 0 Å². The lowest BCUT2D eigenvalue weighted by atomic mass is 10.1. The number of nitrogens with zero attached hydrogens (tertiary/aromatic N) is 1. The minimum atomic E-state index is -0.276. The standard InChI is InChI=1S/C16H21N3O3/c20-14(12-18-16(22)13-6-2-1-3-7-13)17-9-11-19-10-5-4-8-15(19)21/h1-3,6-7H,4-5,8-12H2,(H,17,20)(H,18,22). The third-order valence-corrected chi connectivity index (χ3v) is 3.57. The second-order valence-electron chi connectivity index (χ2n) is 5.24. The molecular formula is C16H21N3O3. The van der Waals surface area contributed by atoms with Crippen LogP contribution in [-0.4, -0.2) is 48.8 Å². The maximum absolute atomic E-state index is 11.8. The van der Waals surface area contributed by atoms with Crippen LogP contribution in [-0.2, 0) is 9.59 Å². The smallest absolute Gasteiger partial charge is 0.251 e. The number of piperidine rings is 1. The number of carbonyl (C=O) groups excluding carboxylic acids is 3. The fourth-order valence-electron chi connectivity index (χ4n) is 2.34. The molecule has 0 saturated carbocycles. The molecular weight excluding hydrogens is 282 g/mol. The SMILES string of the molecule is O=C(CNC(=O)c1ccccc1)NCCN1CCCCC1=O. The van der Waals surface area contributed by atoms with Crippen molar-refractivity contribution in [1.82, 2.24) is 15.5 Å². The maximum atomic E-state index is 11.8.